The van der Waals surface area contributed by atoms with Gasteiger partial charge >= 0.3 is 5.97 Å². The summed E-state index contributed by atoms with van der Waals surface area (Å²) in [5.74, 6) is -1.40. The van der Waals surface area contributed by atoms with E-state index in [-0.39, 0.29) is 24.6 Å². The SMILES string of the molecule is C=C(CN1Cc2c(-c3ccc4[nH]nc(-c5cccs5)c4c3)ccc(N)c2C1=O)C(=O)O. The van der Waals surface area contributed by atoms with Crippen LogP contribution in [0, 0.1) is 0 Å². The number of carboxylic acids is 1. The average molecular weight is 430 g/mol. The molecule has 1 aliphatic heterocycles. The number of aromatic nitrogens is 2. The number of thiophene rings is 1. The van der Waals surface area contributed by atoms with Gasteiger partial charge in [-0.05, 0) is 46.3 Å². The third kappa shape index (κ3) is 3.08. The molecule has 5 rings (SSSR count). The van der Waals surface area contributed by atoms with Crippen LogP contribution in [0.15, 0.2) is 60.0 Å². The first kappa shape index (κ1) is 19.1. The number of benzene rings is 2. The van der Waals surface area contributed by atoms with Crippen LogP contribution in [0.1, 0.15) is 15.9 Å². The summed E-state index contributed by atoms with van der Waals surface area (Å²) < 4.78 is 0. The fourth-order valence-electron chi connectivity index (χ4n) is 3.98. The molecule has 0 bridgehead atoms. The van der Waals surface area contributed by atoms with Gasteiger partial charge in [0.2, 0.25) is 0 Å². The molecule has 2 aromatic carbocycles. The van der Waals surface area contributed by atoms with Crippen molar-refractivity contribution in [2.75, 3.05) is 12.3 Å². The molecule has 1 aliphatic rings. The van der Waals surface area contributed by atoms with E-state index in [4.69, 9.17) is 10.8 Å². The monoisotopic (exact) mass is 430 g/mol. The molecule has 3 heterocycles. The number of carboxylic acid groups (broad SMARTS) is 1. The van der Waals surface area contributed by atoms with Gasteiger partial charge in [-0.2, -0.15) is 5.10 Å². The molecule has 154 valence electrons. The van der Waals surface area contributed by atoms with Crippen molar-refractivity contribution in [1.82, 2.24) is 15.1 Å². The molecule has 4 N–H and O–H groups in total. The quantitative estimate of drug-likeness (QED) is 0.325. The normalized spacial score (nSPS) is 13.0. The number of nitrogens with two attached hydrogens (primary N) is 1. The number of fused-ring (bicyclic) bond motifs is 2. The third-order valence-electron chi connectivity index (χ3n) is 5.51. The molecular weight excluding hydrogens is 412 g/mol. The van der Waals surface area contributed by atoms with Gasteiger partial charge in [0.1, 0.15) is 5.69 Å². The Morgan fingerprint density at radius 3 is 2.87 bits per heavy atom. The van der Waals surface area contributed by atoms with Crippen LogP contribution in [0.3, 0.4) is 0 Å². The van der Waals surface area contributed by atoms with Crippen LogP contribution in [0.2, 0.25) is 0 Å². The molecule has 1 amide bonds. The number of H-pyrrole nitrogens is 1. The Morgan fingerprint density at radius 1 is 1.29 bits per heavy atom. The fourth-order valence-corrected chi connectivity index (χ4v) is 4.71. The van der Waals surface area contributed by atoms with Crippen molar-refractivity contribution in [1.29, 1.82) is 0 Å². The number of rotatable bonds is 5. The molecule has 0 aliphatic carbocycles. The maximum absolute atomic E-state index is 12.9. The van der Waals surface area contributed by atoms with Gasteiger partial charge in [-0.3, -0.25) is 9.89 Å². The van der Waals surface area contributed by atoms with E-state index in [0.29, 0.717) is 11.3 Å². The minimum absolute atomic E-state index is 0.0401. The Hall–Kier alpha value is -3.91. The number of carbonyl (C=O) groups excluding carboxylic acids is 1. The minimum atomic E-state index is -1.12. The van der Waals surface area contributed by atoms with E-state index in [1.54, 1.807) is 17.4 Å². The van der Waals surface area contributed by atoms with Crippen LogP contribution >= 0.6 is 11.3 Å². The highest BCUT2D eigenvalue weighted by Crippen LogP contribution is 2.38. The van der Waals surface area contributed by atoms with Crippen molar-refractivity contribution in [3.05, 3.63) is 71.1 Å². The highest BCUT2D eigenvalue weighted by molar-refractivity contribution is 7.13. The second-order valence-electron chi connectivity index (χ2n) is 7.44. The largest absolute Gasteiger partial charge is 0.478 e. The molecule has 4 aromatic rings. The van der Waals surface area contributed by atoms with Gasteiger partial charge in [-0.25, -0.2) is 4.79 Å². The molecule has 2 aromatic heterocycles. The molecule has 7 nitrogen and oxygen atoms in total. The van der Waals surface area contributed by atoms with E-state index in [0.717, 1.165) is 38.2 Å². The van der Waals surface area contributed by atoms with Crippen LogP contribution in [-0.4, -0.2) is 38.6 Å². The van der Waals surface area contributed by atoms with E-state index < -0.39 is 5.97 Å². The average Bonchev–Trinajstić information content (AvgIpc) is 3.47. The Kier molecular flexibility index (Phi) is 4.37. The second-order valence-corrected chi connectivity index (χ2v) is 8.38. The smallest absolute Gasteiger partial charge is 0.332 e. The van der Waals surface area contributed by atoms with E-state index in [1.165, 1.54) is 4.90 Å². The first-order valence-corrected chi connectivity index (χ1v) is 10.5. The number of hydrogen-bond donors (Lipinski definition) is 3. The zero-order valence-corrected chi connectivity index (χ0v) is 17.2. The van der Waals surface area contributed by atoms with Crippen LogP contribution in [0.5, 0.6) is 0 Å². The molecule has 0 saturated heterocycles. The summed E-state index contributed by atoms with van der Waals surface area (Å²) in [6.45, 7) is 3.78. The molecular formula is C23H18N4O3S. The van der Waals surface area contributed by atoms with Crippen LogP contribution in [0.4, 0.5) is 5.69 Å². The van der Waals surface area contributed by atoms with Gasteiger partial charge < -0.3 is 15.7 Å². The van der Waals surface area contributed by atoms with Gasteiger partial charge in [-0.15, -0.1) is 11.3 Å². The Bertz CT molecular complexity index is 1370. The standard InChI is InChI=1S/C23H18N4O3S/c1-12(23(29)30)10-27-11-16-14(5-6-17(24)20(16)22(27)28)13-4-7-18-15(9-13)21(26-25-18)19-3-2-8-31-19/h2-9H,1,10-11,24H2,(H,25,26)(H,29,30). The van der Waals surface area contributed by atoms with Crippen molar-refractivity contribution >= 4 is 39.8 Å². The number of nitrogen functional groups attached to an aromatic ring is 1. The number of nitrogens with zero attached hydrogens (tertiary/aromatic N) is 2. The Balaban J connectivity index is 1.60. The Morgan fingerprint density at radius 2 is 2.13 bits per heavy atom. The summed E-state index contributed by atoms with van der Waals surface area (Å²) in [6, 6.07) is 13.7. The number of anilines is 1. The summed E-state index contributed by atoms with van der Waals surface area (Å²) in [5.41, 5.74) is 11.3. The predicted octanol–water partition coefficient (Wildman–Crippen LogP) is 4.14. The van der Waals surface area contributed by atoms with Crippen LogP contribution in [0.25, 0.3) is 32.6 Å². The van der Waals surface area contributed by atoms with Crippen LogP contribution < -0.4 is 5.73 Å². The van der Waals surface area contributed by atoms with E-state index in [1.807, 2.05) is 35.7 Å². The fraction of sp³-hybridized carbons (Fsp3) is 0.0870. The van der Waals surface area contributed by atoms with E-state index in [9.17, 15) is 9.59 Å². The summed E-state index contributed by atoms with van der Waals surface area (Å²) in [6.07, 6.45) is 0. The first-order valence-electron chi connectivity index (χ1n) is 9.58. The molecule has 0 spiro atoms. The van der Waals surface area contributed by atoms with E-state index >= 15 is 0 Å². The lowest BCUT2D eigenvalue weighted by Gasteiger charge is -2.15. The van der Waals surface area contributed by atoms with Gasteiger partial charge in [0.05, 0.1) is 22.5 Å². The van der Waals surface area contributed by atoms with Crippen molar-refractivity contribution in [3.8, 4) is 21.7 Å². The van der Waals surface area contributed by atoms with Crippen molar-refractivity contribution in [2.24, 2.45) is 0 Å². The lowest BCUT2D eigenvalue weighted by Crippen LogP contribution is -2.28. The lowest BCUT2D eigenvalue weighted by atomic mass is 9.94. The second kappa shape index (κ2) is 7.10. The zero-order chi connectivity index (χ0) is 21.7. The first-order chi connectivity index (χ1) is 14.9. The Labute approximate surface area is 181 Å². The summed E-state index contributed by atoms with van der Waals surface area (Å²) in [5, 5.41) is 19.7. The number of aromatic amines is 1. The summed E-state index contributed by atoms with van der Waals surface area (Å²) in [4.78, 5) is 26.7. The van der Waals surface area contributed by atoms with Crippen molar-refractivity contribution < 1.29 is 14.7 Å². The highest BCUT2D eigenvalue weighted by Gasteiger charge is 2.32. The maximum Gasteiger partial charge on any atom is 0.332 e. The molecule has 31 heavy (non-hydrogen) atoms. The topological polar surface area (TPSA) is 112 Å². The predicted molar refractivity (Wildman–Crippen MR) is 121 cm³/mol. The number of nitrogens with one attached hydrogen (secondary N) is 1. The highest BCUT2D eigenvalue weighted by atomic mass is 32.1. The number of carbonyl (C=O) groups is 2. The van der Waals surface area contributed by atoms with Crippen molar-refractivity contribution in [2.45, 2.75) is 6.54 Å². The minimum Gasteiger partial charge on any atom is -0.478 e. The summed E-state index contributed by atoms with van der Waals surface area (Å²) in [7, 11) is 0. The van der Waals surface area contributed by atoms with Crippen molar-refractivity contribution in [3.63, 3.8) is 0 Å². The number of hydrogen-bond acceptors (Lipinski definition) is 5. The molecule has 0 atom stereocenters. The molecule has 0 unspecified atom stereocenters. The maximum atomic E-state index is 12.9. The van der Waals surface area contributed by atoms with Gasteiger partial charge in [0, 0.05) is 23.2 Å². The number of aliphatic carboxylic acids is 1. The molecule has 0 saturated carbocycles. The van der Waals surface area contributed by atoms with Gasteiger partial charge in [0.25, 0.3) is 5.91 Å². The van der Waals surface area contributed by atoms with Gasteiger partial charge in [-0.1, -0.05) is 24.8 Å². The zero-order valence-electron chi connectivity index (χ0n) is 16.4. The lowest BCUT2D eigenvalue weighted by molar-refractivity contribution is -0.132. The molecule has 0 radical (unpaired) electrons. The third-order valence-corrected chi connectivity index (χ3v) is 6.38. The van der Waals surface area contributed by atoms with Gasteiger partial charge in [0.15, 0.2) is 0 Å². The van der Waals surface area contributed by atoms with E-state index in [2.05, 4.69) is 22.8 Å². The molecule has 8 heteroatoms. The number of amides is 1. The van der Waals surface area contributed by atoms with Crippen LogP contribution in [-0.2, 0) is 11.3 Å². The molecule has 0 fully saturated rings. The summed E-state index contributed by atoms with van der Waals surface area (Å²) >= 11 is 1.62.